The summed E-state index contributed by atoms with van der Waals surface area (Å²) in [7, 11) is 0. The van der Waals surface area contributed by atoms with Crippen LogP contribution < -0.4 is 10.9 Å². The van der Waals surface area contributed by atoms with Gasteiger partial charge in [0.25, 0.3) is 5.91 Å². The lowest BCUT2D eigenvalue weighted by Gasteiger charge is -2.06. The molecule has 0 aliphatic heterocycles. The third-order valence-corrected chi connectivity index (χ3v) is 3.45. The summed E-state index contributed by atoms with van der Waals surface area (Å²) in [6.45, 7) is 1.65. The summed E-state index contributed by atoms with van der Waals surface area (Å²) in [4.78, 5) is 24.0. The summed E-state index contributed by atoms with van der Waals surface area (Å²) in [6, 6.07) is 12.9. The third-order valence-electron chi connectivity index (χ3n) is 3.45. The minimum absolute atomic E-state index is 0.0181. The maximum absolute atomic E-state index is 13.7. The van der Waals surface area contributed by atoms with Crippen LogP contribution >= 0.6 is 0 Å². The number of amides is 2. The van der Waals surface area contributed by atoms with Gasteiger partial charge >= 0.3 is 5.91 Å². The van der Waals surface area contributed by atoms with Crippen molar-refractivity contribution in [1.29, 1.82) is 0 Å². The van der Waals surface area contributed by atoms with Crippen molar-refractivity contribution >= 4 is 22.8 Å². The van der Waals surface area contributed by atoms with Crippen molar-refractivity contribution in [1.82, 2.24) is 10.9 Å². The highest BCUT2D eigenvalue weighted by atomic mass is 19.1. The Morgan fingerprint density at radius 2 is 1.65 bits per heavy atom. The number of furan rings is 1. The molecule has 0 aliphatic carbocycles. The lowest BCUT2D eigenvalue weighted by atomic mass is 10.1. The molecule has 2 aromatic carbocycles. The van der Waals surface area contributed by atoms with E-state index >= 15 is 0 Å². The fraction of sp³-hybridized carbons (Fsp3) is 0.0588. The number of halogens is 1. The molecule has 5 nitrogen and oxygen atoms in total. The first-order chi connectivity index (χ1) is 11.1. The van der Waals surface area contributed by atoms with Gasteiger partial charge in [0.05, 0.1) is 0 Å². The number of hydrogen-bond acceptors (Lipinski definition) is 3. The zero-order chi connectivity index (χ0) is 16.4. The van der Waals surface area contributed by atoms with Gasteiger partial charge in [-0.05, 0) is 25.1 Å². The molecule has 2 N–H and O–H groups in total. The highest BCUT2D eigenvalue weighted by molar-refractivity contribution is 6.01. The Labute approximate surface area is 131 Å². The smallest absolute Gasteiger partial charge is 0.305 e. The Hall–Kier alpha value is -3.15. The highest BCUT2D eigenvalue weighted by Gasteiger charge is 2.20. The number of para-hydroxylation sites is 1. The van der Waals surface area contributed by atoms with Crippen LogP contribution in [-0.4, -0.2) is 11.8 Å². The monoisotopic (exact) mass is 312 g/mol. The van der Waals surface area contributed by atoms with Gasteiger partial charge in [-0.15, -0.1) is 0 Å². The number of hydrazine groups is 1. The van der Waals surface area contributed by atoms with E-state index in [1.54, 1.807) is 49.4 Å². The number of nitrogens with one attached hydrogen (secondary N) is 2. The topological polar surface area (TPSA) is 71.3 Å². The van der Waals surface area contributed by atoms with E-state index in [9.17, 15) is 14.0 Å². The van der Waals surface area contributed by atoms with E-state index < -0.39 is 17.6 Å². The minimum Gasteiger partial charge on any atom is -0.447 e. The Balaban J connectivity index is 1.78. The van der Waals surface area contributed by atoms with Crippen LogP contribution in [0, 0.1) is 12.7 Å². The zero-order valence-electron chi connectivity index (χ0n) is 12.2. The molecule has 0 spiro atoms. The molecule has 3 aromatic rings. The maximum Gasteiger partial charge on any atom is 0.305 e. The fourth-order valence-electron chi connectivity index (χ4n) is 2.26. The lowest BCUT2D eigenvalue weighted by Crippen LogP contribution is -2.41. The predicted octanol–water partition coefficient (Wildman–Crippen LogP) is 2.96. The number of carbonyl (C=O) groups is 2. The van der Waals surface area contributed by atoms with Crippen LogP contribution in [0.3, 0.4) is 0 Å². The molecular formula is C17H13FN2O3. The summed E-state index contributed by atoms with van der Waals surface area (Å²) in [5, 5.41) is 0.518. The molecule has 0 saturated carbocycles. The van der Waals surface area contributed by atoms with Crippen molar-refractivity contribution < 1.29 is 18.4 Å². The van der Waals surface area contributed by atoms with Gasteiger partial charge in [-0.25, -0.2) is 4.39 Å². The molecule has 116 valence electrons. The maximum atomic E-state index is 13.7. The van der Waals surface area contributed by atoms with Gasteiger partial charge in [0.15, 0.2) is 17.2 Å². The van der Waals surface area contributed by atoms with Crippen molar-refractivity contribution in [2.24, 2.45) is 0 Å². The van der Waals surface area contributed by atoms with Gasteiger partial charge in [-0.3, -0.25) is 20.4 Å². The Bertz CT molecular complexity index is 887. The van der Waals surface area contributed by atoms with Crippen molar-refractivity contribution in [3.05, 3.63) is 71.2 Å². The molecule has 2 amide bonds. The van der Waals surface area contributed by atoms with Gasteiger partial charge in [-0.1, -0.05) is 30.3 Å². The summed E-state index contributed by atoms with van der Waals surface area (Å²) in [5.74, 6) is -1.70. The van der Waals surface area contributed by atoms with E-state index in [-0.39, 0.29) is 11.3 Å². The number of fused-ring (bicyclic) bond motifs is 1. The number of hydrogen-bond donors (Lipinski definition) is 2. The van der Waals surface area contributed by atoms with Crippen LogP contribution in [-0.2, 0) is 0 Å². The first kappa shape index (κ1) is 14.8. The first-order valence-corrected chi connectivity index (χ1v) is 6.91. The molecule has 23 heavy (non-hydrogen) atoms. The first-order valence-electron chi connectivity index (χ1n) is 6.91. The molecule has 3 rings (SSSR count). The molecule has 0 saturated heterocycles. The largest absolute Gasteiger partial charge is 0.447 e. The molecule has 0 bridgehead atoms. The average molecular weight is 312 g/mol. The second-order valence-electron chi connectivity index (χ2n) is 4.95. The minimum atomic E-state index is -0.651. The second kappa shape index (κ2) is 5.92. The van der Waals surface area contributed by atoms with Crippen molar-refractivity contribution in [3.63, 3.8) is 0 Å². The van der Waals surface area contributed by atoms with E-state index in [1.165, 1.54) is 6.07 Å². The fourth-order valence-corrected chi connectivity index (χ4v) is 2.26. The summed E-state index contributed by atoms with van der Waals surface area (Å²) in [6.07, 6.45) is 0. The SMILES string of the molecule is Cc1c(C(=O)NNC(=O)c2ccccc2)oc2c(F)cccc12. The van der Waals surface area contributed by atoms with Crippen LogP contribution in [0.5, 0.6) is 0 Å². The Kier molecular flexibility index (Phi) is 3.80. The second-order valence-corrected chi connectivity index (χ2v) is 4.95. The summed E-state index contributed by atoms with van der Waals surface area (Å²) < 4.78 is 19.0. The van der Waals surface area contributed by atoms with Gasteiger partial charge in [0.2, 0.25) is 0 Å². The Morgan fingerprint density at radius 3 is 2.35 bits per heavy atom. The van der Waals surface area contributed by atoms with E-state index in [4.69, 9.17) is 4.42 Å². The Morgan fingerprint density at radius 1 is 0.957 bits per heavy atom. The molecule has 0 unspecified atom stereocenters. The van der Waals surface area contributed by atoms with Crippen LogP contribution in [0.2, 0.25) is 0 Å². The molecule has 0 aliphatic rings. The van der Waals surface area contributed by atoms with Crippen LogP contribution in [0.1, 0.15) is 26.5 Å². The van der Waals surface area contributed by atoms with E-state index in [0.29, 0.717) is 16.5 Å². The third kappa shape index (κ3) is 2.78. The molecular weight excluding hydrogens is 299 g/mol. The number of rotatable bonds is 2. The zero-order valence-corrected chi connectivity index (χ0v) is 12.2. The number of benzene rings is 2. The van der Waals surface area contributed by atoms with Crippen LogP contribution in [0.15, 0.2) is 52.9 Å². The van der Waals surface area contributed by atoms with Gasteiger partial charge in [0.1, 0.15) is 0 Å². The van der Waals surface area contributed by atoms with Crippen molar-refractivity contribution in [2.45, 2.75) is 6.92 Å². The van der Waals surface area contributed by atoms with E-state index in [2.05, 4.69) is 10.9 Å². The number of carbonyl (C=O) groups excluding carboxylic acids is 2. The molecule has 0 atom stereocenters. The molecule has 0 radical (unpaired) electrons. The van der Waals surface area contributed by atoms with Crippen molar-refractivity contribution in [2.75, 3.05) is 0 Å². The summed E-state index contributed by atoms with van der Waals surface area (Å²) in [5.41, 5.74) is 5.48. The molecule has 6 heteroatoms. The molecule has 1 heterocycles. The van der Waals surface area contributed by atoms with E-state index in [1.807, 2.05) is 0 Å². The van der Waals surface area contributed by atoms with Gasteiger partial charge in [-0.2, -0.15) is 0 Å². The molecule has 1 aromatic heterocycles. The van der Waals surface area contributed by atoms with Crippen LogP contribution in [0.25, 0.3) is 11.0 Å². The number of aryl methyl sites for hydroxylation is 1. The molecule has 0 fully saturated rings. The van der Waals surface area contributed by atoms with Gasteiger partial charge in [0, 0.05) is 16.5 Å². The van der Waals surface area contributed by atoms with Crippen LogP contribution in [0.4, 0.5) is 4.39 Å². The van der Waals surface area contributed by atoms with Gasteiger partial charge < -0.3 is 4.42 Å². The highest BCUT2D eigenvalue weighted by Crippen LogP contribution is 2.26. The normalized spacial score (nSPS) is 10.5. The lowest BCUT2D eigenvalue weighted by molar-refractivity contribution is 0.0831. The van der Waals surface area contributed by atoms with E-state index in [0.717, 1.165) is 0 Å². The average Bonchev–Trinajstić information content (AvgIpc) is 2.92. The predicted molar refractivity (Wildman–Crippen MR) is 82.3 cm³/mol. The standard InChI is InChI=1S/C17H13FN2O3/c1-10-12-8-5-9-13(18)15(12)23-14(10)17(22)20-19-16(21)11-6-3-2-4-7-11/h2-9H,1H3,(H,19,21)(H,20,22). The quantitative estimate of drug-likeness (QED) is 0.715. The van der Waals surface area contributed by atoms with Crippen molar-refractivity contribution in [3.8, 4) is 0 Å². The summed E-state index contributed by atoms with van der Waals surface area (Å²) >= 11 is 0.